The van der Waals surface area contributed by atoms with Gasteiger partial charge in [0.05, 0.1) is 9.80 Å². The molecule has 3 nitrogen and oxygen atoms in total. The maximum Gasteiger partial charge on any atom is 0.204 e. The first kappa shape index (κ1) is 11.6. The predicted molar refractivity (Wildman–Crippen MR) is 65.2 cm³/mol. The first-order valence-corrected chi connectivity index (χ1v) is 6.88. The zero-order valence-corrected chi connectivity index (χ0v) is 10.4. The second-order valence-electron chi connectivity index (χ2n) is 3.55. The molecule has 2 rings (SSSR count). The van der Waals surface area contributed by atoms with Crippen LogP contribution in [0.3, 0.4) is 0 Å². The topological polar surface area (TPSA) is 46.2 Å². The Morgan fingerprint density at radius 3 is 2.75 bits per heavy atom. The third kappa shape index (κ3) is 1.77. The van der Waals surface area contributed by atoms with Gasteiger partial charge in [-0.2, -0.15) is 0 Å². The fourth-order valence-corrected chi connectivity index (χ4v) is 3.51. The number of rotatable bonds is 3. The number of hydrogen-bond donors (Lipinski definition) is 1. The van der Waals surface area contributed by atoms with Gasteiger partial charge in [-0.05, 0) is 24.8 Å². The van der Waals surface area contributed by atoms with Gasteiger partial charge in [0, 0.05) is 17.1 Å². The molecule has 16 heavy (non-hydrogen) atoms. The van der Waals surface area contributed by atoms with E-state index in [1.807, 2.05) is 6.92 Å². The zero-order valence-electron chi connectivity index (χ0n) is 8.83. The quantitative estimate of drug-likeness (QED) is 0.902. The molecule has 1 aromatic carbocycles. The minimum Gasteiger partial charge on any atom is -0.312 e. The monoisotopic (exact) mass is 257 g/mol. The van der Waals surface area contributed by atoms with Crippen LogP contribution in [0.4, 0.5) is 0 Å². The molecule has 0 saturated heterocycles. The Hall–Kier alpha value is -0.840. The molecule has 0 saturated carbocycles. The summed E-state index contributed by atoms with van der Waals surface area (Å²) in [5.41, 5.74) is 0.608. The van der Waals surface area contributed by atoms with Crippen molar-refractivity contribution < 1.29 is 8.42 Å². The van der Waals surface area contributed by atoms with Gasteiger partial charge in [0.15, 0.2) is 0 Å². The van der Waals surface area contributed by atoms with Gasteiger partial charge in [-0.15, -0.1) is 0 Å². The van der Waals surface area contributed by atoms with Crippen molar-refractivity contribution in [2.75, 3.05) is 13.1 Å². The summed E-state index contributed by atoms with van der Waals surface area (Å²) in [7, 11) is -3.33. The number of nitrogens with one attached hydrogen (secondary N) is 1. The average Bonchev–Trinajstić information content (AvgIpc) is 2.50. The molecular weight excluding hydrogens is 246 g/mol. The highest BCUT2D eigenvalue weighted by Crippen LogP contribution is 2.36. The van der Waals surface area contributed by atoms with E-state index in [9.17, 15) is 8.42 Å². The van der Waals surface area contributed by atoms with Gasteiger partial charge in [-0.25, -0.2) is 8.42 Å². The van der Waals surface area contributed by atoms with Crippen molar-refractivity contribution in [3.05, 3.63) is 33.7 Å². The Labute approximate surface area is 100 Å². The molecule has 0 aliphatic carbocycles. The second-order valence-corrected chi connectivity index (χ2v) is 5.92. The molecule has 1 N–H and O–H groups in total. The average molecular weight is 258 g/mol. The molecule has 1 aromatic rings. The van der Waals surface area contributed by atoms with E-state index in [1.165, 1.54) is 0 Å². The molecular formula is C11H12ClNO2S. The minimum absolute atomic E-state index is 0.313. The van der Waals surface area contributed by atoms with Gasteiger partial charge in [-0.1, -0.05) is 24.6 Å². The lowest BCUT2D eigenvalue weighted by Gasteiger charge is -2.03. The number of halogens is 1. The number of likely N-dealkylation sites (N-methyl/N-ethyl adjacent to an activating group) is 1. The molecule has 0 atom stereocenters. The molecule has 0 radical (unpaired) electrons. The first-order valence-electron chi connectivity index (χ1n) is 5.02. The lowest BCUT2D eigenvalue weighted by molar-refractivity contribution is 0.601. The SMILES string of the molecule is CCNCC1=Cc2c(Cl)cccc2S1(=O)=O. The van der Waals surface area contributed by atoms with Crippen LogP contribution < -0.4 is 5.32 Å². The molecule has 5 heteroatoms. The highest BCUT2D eigenvalue weighted by atomic mass is 35.5. The van der Waals surface area contributed by atoms with Crippen LogP contribution in [-0.2, 0) is 9.84 Å². The second kappa shape index (κ2) is 4.20. The van der Waals surface area contributed by atoms with Crippen molar-refractivity contribution >= 4 is 27.5 Å². The van der Waals surface area contributed by atoms with Gasteiger partial charge >= 0.3 is 0 Å². The van der Waals surface area contributed by atoms with E-state index in [0.717, 1.165) is 6.54 Å². The number of fused-ring (bicyclic) bond motifs is 1. The Bertz CT molecular complexity index is 549. The van der Waals surface area contributed by atoms with E-state index in [1.54, 1.807) is 24.3 Å². The normalized spacial score (nSPS) is 17.0. The molecule has 1 aliphatic heterocycles. The van der Waals surface area contributed by atoms with Gasteiger partial charge in [0.2, 0.25) is 9.84 Å². The number of benzene rings is 1. The first-order chi connectivity index (χ1) is 7.57. The van der Waals surface area contributed by atoms with E-state index in [2.05, 4.69) is 5.32 Å². The lowest BCUT2D eigenvalue weighted by Crippen LogP contribution is -2.19. The third-order valence-electron chi connectivity index (χ3n) is 2.50. The largest absolute Gasteiger partial charge is 0.312 e. The van der Waals surface area contributed by atoms with Crippen molar-refractivity contribution in [3.63, 3.8) is 0 Å². The van der Waals surface area contributed by atoms with Crippen molar-refractivity contribution in [1.82, 2.24) is 5.32 Å². The molecule has 0 aromatic heterocycles. The molecule has 0 fully saturated rings. The van der Waals surface area contributed by atoms with Gasteiger partial charge in [-0.3, -0.25) is 0 Å². The highest BCUT2D eigenvalue weighted by molar-refractivity contribution is 7.95. The maximum absolute atomic E-state index is 12.1. The number of hydrogen-bond acceptors (Lipinski definition) is 3. The molecule has 1 heterocycles. The van der Waals surface area contributed by atoms with E-state index in [-0.39, 0.29) is 0 Å². The summed E-state index contributed by atoms with van der Waals surface area (Å²) in [6.07, 6.45) is 1.65. The molecule has 1 aliphatic rings. The Kier molecular flexibility index (Phi) is 3.06. The van der Waals surface area contributed by atoms with Crippen LogP contribution >= 0.6 is 11.6 Å². The minimum atomic E-state index is -3.33. The van der Waals surface area contributed by atoms with Crippen molar-refractivity contribution in [3.8, 4) is 0 Å². The lowest BCUT2D eigenvalue weighted by atomic mass is 10.2. The van der Waals surface area contributed by atoms with Crippen LogP contribution in [0.1, 0.15) is 12.5 Å². The summed E-state index contributed by atoms with van der Waals surface area (Å²) in [4.78, 5) is 0.699. The van der Waals surface area contributed by atoms with Crippen LogP contribution in [0.5, 0.6) is 0 Å². The van der Waals surface area contributed by atoms with Crippen molar-refractivity contribution in [1.29, 1.82) is 0 Å². The zero-order chi connectivity index (χ0) is 11.8. The highest BCUT2D eigenvalue weighted by Gasteiger charge is 2.30. The smallest absolute Gasteiger partial charge is 0.204 e. The van der Waals surface area contributed by atoms with Crippen LogP contribution in [0.2, 0.25) is 5.02 Å². The third-order valence-corrected chi connectivity index (χ3v) is 4.72. The molecule has 0 unspecified atom stereocenters. The van der Waals surface area contributed by atoms with E-state index < -0.39 is 9.84 Å². The molecule has 0 bridgehead atoms. The standard InChI is InChI=1S/C11H12ClNO2S/c1-2-13-7-8-6-9-10(12)4-3-5-11(9)16(8,14)15/h3-6,13H,2,7H2,1H3. The summed E-state index contributed by atoms with van der Waals surface area (Å²) in [6.45, 7) is 3.02. The summed E-state index contributed by atoms with van der Waals surface area (Å²) >= 11 is 5.97. The predicted octanol–water partition coefficient (Wildman–Crippen LogP) is 2.08. The Balaban J connectivity index is 2.49. The van der Waals surface area contributed by atoms with Crippen LogP contribution in [0.25, 0.3) is 6.08 Å². The summed E-state index contributed by atoms with van der Waals surface area (Å²) < 4.78 is 24.2. The van der Waals surface area contributed by atoms with Crippen molar-refractivity contribution in [2.24, 2.45) is 0 Å². The number of sulfone groups is 1. The Morgan fingerprint density at radius 1 is 1.38 bits per heavy atom. The van der Waals surface area contributed by atoms with Crippen LogP contribution in [0.15, 0.2) is 28.0 Å². The summed E-state index contributed by atoms with van der Waals surface area (Å²) in [6, 6.07) is 4.94. The summed E-state index contributed by atoms with van der Waals surface area (Å²) in [5.74, 6) is 0. The van der Waals surface area contributed by atoms with Crippen LogP contribution in [-0.4, -0.2) is 21.5 Å². The maximum atomic E-state index is 12.1. The van der Waals surface area contributed by atoms with Gasteiger partial charge < -0.3 is 5.32 Å². The van der Waals surface area contributed by atoms with Crippen LogP contribution in [0, 0.1) is 0 Å². The van der Waals surface area contributed by atoms with Crippen molar-refractivity contribution in [2.45, 2.75) is 11.8 Å². The summed E-state index contributed by atoms with van der Waals surface area (Å²) in [5, 5.41) is 3.49. The fourth-order valence-electron chi connectivity index (χ4n) is 1.67. The Morgan fingerprint density at radius 2 is 2.12 bits per heavy atom. The van der Waals surface area contributed by atoms with E-state index in [0.29, 0.717) is 26.9 Å². The molecule has 0 amide bonds. The van der Waals surface area contributed by atoms with E-state index in [4.69, 9.17) is 11.6 Å². The van der Waals surface area contributed by atoms with Gasteiger partial charge in [0.1, 0.15) is 0 Å². The van der Waals surface area contributed by atoms with Gasteiger partial charge in [0.25, 0.3) is 0 Å². The fraction of sp³-hybridized carbons (Fsp3) is 0.273. The molecule has 86 valence electrons. The van der Waals surface area contributed by atoms with E-state index >= 15 is 0 Å². The molecule has 0 spiro atoms.